The van der Waals surface area contributed by atoms with Crippen molar-refractivity contribution in [1.82, 2.24) is 29.7 Å². The molecule has 2 N–H and O–H groups in total. The maximum absolute atomic E-state index is 13.8. The summed E-state index contributed by atoms with van der Waals surface area (Å²) in [7, 11) is 2.17. The molecule has 1 aliphatic carbocycles. The highest BCUT2D eigenvalue weighted by Crippen LogP contribution is 2.42. The average Bonchev–Trinajstić information content (AvgIpc) is 3.87. The second-order valence-electron chi connectivity index (χ2n) is 12.6. The van der Waals surface area contributed by atoms with Crippen molar-refractivity contribution in [1.29, 1.82) is 0 Å². The van der Waals surface area contributed by atoms with Gasteiger partial charge in [0.15, 0.2) is 11.4 Å². The van der Waals surface area contributed by atoms with Crippen LogP contribution in [0.1, 0.15) is 45.9 Å². The summed E-state index contributed by atoms with van der Waals surface area (Å²) >= 11 is 0. The fourth-order valence-corrected chi connectivity index (χ4v) is 6.66. The molecule has 1 amide bonds. The van der Waals surface area contributed by atoms with Crippen LogP contribution in [0.25, 0.3) is 33.5 Å². The number of fused-ring (bicyclic) bond motifs is 2. The van der Waals surface area contributed by atoms with E-state index < -0.39 is 0 Å². The molecule has 1 saturated carbocycles. The number of piperazine rings is 1. The zero-order chi connectivity index (χ0) is 31.2. The van der Waals surface area contributed by atoms with Crippen LogP contribution in [0, 0.1) is 0 Å². The first kappa shape index (κ1) is 28.8. The van der Waals surface area contributed by atoms with Crippen LogP contribution in [0.3, 0.4) is 0 Å². The molecule has 1 aromatic carbocycles. The van der Waals surface area contributed by atoms with Gasteiger partial charge in [-0.3, -0.25) is 14.7 Å². The molecule has 8 rings (SSSR count). The number of aromatic nitrogens is 4. The minimum absolute atomic E-state index is 0.229. The van der Waals surface area contributed by atoms with E-state index in [-0.39, 0.29) is 12.5 Å². The first-order valence-corrected chi connectivity index (χ1v) is 16.1. The molecule has 1 saturated heterocycles. The maximum atomic E-state index is 13.8. The number of pyridine rings is 3. The summed E-state index contributed by atoms with van der Waals surface area (Å²) in [6, 6.07) is 16.0. The summed E-state index contributed by atoms with van der Waals surface area (Å²) in [5.74, 6) is 0.824. The molecule has 0 radical (unpaired) electrons. The first-order valence-electron chi connectivity index (χ1n) is 16.1. The van der Waals surface area contributed by atoms with Gasteiger partial charge in [-0.05, 0) is 78.4 Å². The van der Waals surface area contributed by atoms with Gasteiger partial charge in [0.1, 0.15) is 12.3 Å². The van der Waals surface area contributed by atoms with Crippen molar-refractivity contribution in [2.45, 2.75) is 31.9 Å². The maximum Gasteiger partial charge on any atom is 0.280 e. The van der Waals surface area contributed by atoms with Crippen LogP contribution in [0.2, 0.25) is 0 Å². The van der Waals surface area contributed by atoms with Crippen molar-refractivity contribution in [3.8, 4) is 28.3 Å². The van der Waals surface area contributed by atoms with Gasteiger partial charge in [-0.15, -0.1) is 0 Å². The standard InChI is InChI=1S/C36H37N7O3/c1-41-11-13-42(14-12-41)21-23-5-8-30(38-19-23)31-18-28-27(9-10-37-35(28)40-31)26-3-2-4-32(29(26)22-44)43-15-16-46-33-17-25(24-6-7-24)20-39-34(33)36(43)45/h2-5,8-10,17-20,24,44H,6-7,11-16,21-22H2,1H3,(H,37,40). The van der Waals surface area contributed by atoms with Crippen molar-refractivity contribution >= 4 is 22.6 Å². The SMILES string of the molecule is CN1CCN(Cc2ccc(-c3cc4c(-c5cccc(N6CCOc7cc(C8CC8)cnc7C6=O)c5CO)ccnc4[nH]3)nc2)CC1. The van der Waals surface area contributed by atoms with Gasteiger partial charge in [0, 0.05) is 62.3 Å². The van der Waals surface area contributed by atoms with E-state index >= 15 is 0 Å². The lowest BCUT2D eigenvalue weighted by atomic mass is 9.96. The topological polar surface area (TPSA) is 111 Å². The number of rotatable bonds is 7. The molecule has 46 heavy (non-hydrogen) atoms. The lowest BCUT2D eigenvalue weighted by Crippen LogP contribution is -2.43. The summed E-state index contributed by atoms with van der Waals surface area (Å²) in [4.78, 5) is 37.7. The van der Waals surface area contributed by atoms with E-state index in [1.165, 1.54) is 5.56 Å². The third kappa shape index (κ3) is 5.42. The Morgan fingerprint density at radius 2 is 1.83 bits per heavy atom. The number of hydrogen-bond acceptors (Lipinski definition) is 8. The van der Waals surface area contributed by atoms with Gasteiger partial charge >= 0.3 is 0 Å². The fraction of sp³-hybridized carbons (Fsp3) is 0.333. The van der Waals surface area contributed by atoms with Crippen LogP contribution in [0.4, 0.5) is 5.69 Å². The Kier molecular flexibility index (Phi) is 7.48. The van der Waals surface area contributed by atoms with Crippen molar-refractivity contribution in [3.63, 3.8) is 0 Å². The lowest BCUT2D eigenvalue weighted by molar-refractivity contribution is 0.0985. The Balaban J connectivity index is 1.10. The highest BCUT2D eigenvalue weighted by atomic mass is 16.5. The van der Waals surface area contributed by atoms with Gasteiger partial charge in [0.2, 0.25) is 0 Å². The van der Waals surface area contributed by atoms with E-state index in [9.17, 15) is 9.90 Å². The van der Waals surface area contributed by atoms with E-state index in [1.807, 2.05) is 36.5 Å². The number of amides is 1. The molecule has 234 valence electrons. The van der Waals surface area contributed by atoms with Crippen molar-refractivity contribution < 1.29 is 14.6 Å². The number of aliphatic hydroxyl groups is 1. The molecular weight excluding hydrogens is 578 g/mol. The van der Waals surface area contributed by atoms with Crippen LogP contribution in [-0.2, 0) is 13.2 Å². The van der Waals surface area contributed by atoms with Gasteiger partial charge in [0.05, 0.1) is 30.2 Å². The third-order valence-electron chi connectivity index (χ3n) is 9.47. The van der Waals surface area contributed by atoms with E-state index in [1.54, 1.807) is 17.3 Å². The second-order valence-corrected chi connectivity index (χ2v) is 12.6. The number of likely N-dealkylation sites (N-methyl/N-ethyl adjacent to an activating group) is 1. The zero-order valence-corrected chi connectivity index (χ0v) is 25.9. The Labute approximate surface area is 267 Å². The molecule has 10 heteroatoms. The van der Waals surface area contributed by atoms with Crippen LogP contribution in [-0.4, -0.2) is 87.1 Å². The van der Waals surface area contributed by atoms with Gasteiger partial charge in [-0.2, -0.15) is 0 Å². The molecule has 0 spiro atoms. The summed E-state index contributed by atoms with van der Waals surface area (Å²) in [5, 5.41) is 11.6. The lowest BCUT2D eigenvalue weighted by Gasteiger charge is -2.32. The van der Waals surface area contributed by atoms with E-state index in [0.717, 1.165) is 84.7 Å². The van der Waals surface area contributed by atoms with Gasteiger partial charge in [-0.1, -0.05) is 18.2 Å². The van der Waals surface area contributed by atoms with Crippen LogP contribution in [0.5, 0.6) is 5.75 Å². The molecule has 2 aliphatic heterocycles. The molecular formula is C36H37N7O3. The number of benzene rings is 1. The number of nitrogens with zero attached hydrogens (tertiary/aromatic N) is 6. The van der Waals surface area contributed by atoms with Crippen LogP contribution < -0.4 is 9.64 Å². The molecule has 5 aromatic rings. The molecule has 0 bridgehead atoms. The number of carbonyl (C=O) groups is 1. The summed E-state index contributed by atoms with van der Waals surface area (Å²) in [6.07, 6.45) is 7.83. The van der Waals surface area contributed by atoms with Gasteiger partial charge in [0.25, 0.3) is 5.91 Å². The number of carbonyl (C=O) groups excluding carboxylic acids is 1. The number of anilines is 1. The smallest absolute Gasteiger partial charge is 0.280 e. The molecule has 0 atom stereocenters. The number of H-pyrrole nitrogens is 1. The molecule has 4 aromatic heterocycles. The predicted molar refractivity (Wildman–Crippen MR) is 177 cm³/mol. The minimum atomic E-state index is -0.242. The first-order chi connectivity index (χ1) is 22.6. The van der Waals surface area contributed by atoms with Crippen LogP contribution in [0.15, 0.2) is 67.1 Å². The number of nitrogens with one attached hydrogen (secondary N) is 1. The highest BCUT2D eigenvalue weighted by molar-refractivity contribution is 6.08. The quantitative estimate of drug-likeness (QED) is 0.268. The Morgan fingerprint density at radius 3 is 2.61 bits per heavy atom. The minimum Gasteiger partial charge on any atom is -0.489 e. The molecule has 10 nitrogen and oxygen atoms in total. The third-order valence-corrected chi connectivity index (χ3v) is 9.47. The van der Waals surface area contributed by atoms with E-state index in [2.05, 4.69) is 50.0 Å². The van der Waals surface area contributed by atoms with Crippen molar-refractivity contribution in [3.05, 3.63) is 89.5 Å². The Hall–Kier alpha value is -4.64. The molecule has 2 fully saturated rings. The molecule has 6 heterocycles. The van der Waals surface area contributed by atoms with E-state index in [0.29, 0.717) is 41.8 Å². The molecule has 0 unspecified atom stereocenters. The van der Waals surface area contributed by atoms with Gasteiger partial charge in [-0.25, -0.2) is 9.97 Å². The number of hydrogen-bond donors (Lipinski definition) is 2. The summed E-state index contributed by atoms with van der Waals surface area (Å²) in [5.41, 5.74) is 8.13. The monoisotopic (exact) mass is 615 g/mol. The normalized spacial score (nSPS) is 17.6. The van der Waals surface area contributed by atoms with Crippen molar-refractivity contribution in [2.75, 3.05) is 51.3 Å². The summed E-state index contributed by atoms with van der Waals surface area (Å²) < 4.78 is 6.02. The summed E-state index contributed by atoms with van der Waals surface area (Å²) in [6.45, 7) is 5.65. The van der Waals surface area contributed by atoms with Crippen LogP contribution >= 0.6 is 0 Å². The van der Waals surface area contributed by atoms with E-state index in [4.69, 9.17) is 9.72 Å². The Bertz CT molecular complexity index is 1910. The zero-order valence-electron chi connectivity index (χ0n) is 25.9. The molecule has 3 aliphatic rings. The predicted octanol–water partition coefficient (Wildman–Crippen LogP) is 4.84. The number of ether oxygens (including phenoxy) is 1. The Morgan fingerprint density at radius 1 is 0.957 bits per heavy atom. The number of aromatic amines is 1. The average molecular weight is 616 g/mol. The van der Waals surface area contributed by atoms with Crippen molar-refractivity contribution in [2.24, 2.45) is 0 Å². The van der Waals surface area contributed by atoms with Gasteiger partial charge < -0.3 is 24.6 Å². The fourth-order valence-electron chi connectivity index (χ4n) is 6.66. The second kappa shape index (κ2) is 11.9. The largest absolute Gasteiger partial charge is 0.489 e. The number of aliphatic hydroxyl groups excluding tert-OH is 1. The highest BCUT2D eigenvalue weighted by Gasteiger charge is 2.31.